The average Bonchev–Trinajstić information content (AvgIpc) is 3.05. The SMILES string of the molecule is CC(C)(C)Cc1cnc(C(C)(O)Cc2ccc(-c3ccc(F)cn3)cc2F)[nH]1. The van der Waals surface area contributed by atoms with Gasteiger partial charge in [0.1, 0.15) is 23.1 Å². The highest BCUT2D eigenvalue weighted by Crippen LogP contribution is 2.28. The molecule has 3 aromatic rings. The summed E-state index contributed by atoms with van der Waals surface area (Å²) in [5.41, 5.74) is 1.08. The molecular formula is C22H25F2N3O. The molecule has 0 amide bonds. The molecule has 0 bridgehead atoms. The number of benzene rings is 1. The fraction of sp³-hybridized carbons (Fsp3) is 0.364. The molecule has 3 rings (SSSR count). The summed E-state index contributed by atoms with van der Waals surface area (Å²) < 4.78 is 27.7. The smallest absolute Gasteiger partial charge is 0.141 e. The van der Waals surface area contributed by atoms with Gasteiger partial charge in [0, 0.05) is 23.9 Å². The Morgan fingerprint density at radius 1 is 0.964 bits per heavy atom. The van der Waals surface area contributed by atoms with Crippen molar-refractivity contribution in [3.8, 4) is 11.3 Å². The number of nitrogens with zero attached hydrogens (tertiary/aromatic N) is 2. The lowest BCUT2D eigenvalue weighted by Gasteiger charge is -2.22. The standard InChI is InChI=1S/C22H25F2N3O/c1-21(2,3)11-17-13-26-20(27-17)22(4,28)10-15-6-5-14(9-18(15)24)19-8-7-16(23)12-25-19/h5-9,12-13,28H,10-11H2,1-4H3,(H,26,27). The number of pyridine rings is 1. The second kappa shape index (κ2) is 7.43. The van der Waals surface area contributed by atoms with Gasteiger partial charge >= 0.3 is 0 Å². The second-order valence-electron chi connectivity index (χ2n) is 8.61. The van der Waals surface area contributed by atoms with Gasteiger partial charge in [-0.05, 0) is 42.5 Å². The van der Waals surface area contributed by atoms with Crippen molar-refractivity contribution in [2.45, 2.75) is 46.1 Å². The average molecular weight is 385 g/mol. The van der Waals surface area contributed by atoms with Crippen molar-refractivity contribution in [1.29, 1.82) is 0 Å². The molecule has 0 saturated heterocycles. The molecule has 1 atom stereocenters. The number of aromatic nitrogens is 3. The highest BCUT2D eigenvalue weighted by Gasteiger charge is 2.29. The molecule has 2 heterocycles. The molecule has 1 aromatic carbocycles. The summed E-state index contributed by atoms with van der Waals surface area (Å²) in [7, 11) is 0. The number of hydrogen-bond donors (Lipinski definition) is 2. The molecule has 0 aliphatic heterocycles. The lowest BCUT2D eigenvalue weighted by atomic mass is 9.91. The van der Waals surface area contributed by atoms with E-state index in [4.69, 9.17) is 0 Å². The number of aliphatic hydroxyl groups is 1. The van der Waals surface area contributed by atoms with E-state index < -0.39 is 17.2 Å². The summed E-state index contributed by atoms with van der Waals surface area (Å²) in [4.78, 5) is 11.4. The van der Waals surface area contributed by atoms with Crippen molar-refractivity contribution in [2.24, 2.45) is 5.41 Å². The molecule has 2 aromatic heterocycles. The Kier molecular flexibility index (Phi) is 5.35. The molecule has 148 valence electrons. The van der Waals surface area contributed by atoms with Crippen LogP contribution in [0.3, 0.4) is 0 Å². The van der Waals surface area contributed by atoms with E-state index in [1.54, 1.807) is 25.3 Å². The Morgan fingerprint density at radius 3 is 2.32 bits per heavy atom. The van der Waals surface area contributed by atoms with E-state index in [2.05, 4.69) is 35.7 Å². The third-order valence-corrected chi connectivity index (χ3v) is 4.47. The fourth-order valence-corrected chi connectivity index (χ4v) is 3.15. The normalized spacial score (nSPS) is 14.1. The first-order valence-electron chi connectivity index (χ1n) is 9.21. The maximum absolute atomic E-state index is 14.6. The summed E-state index contributed by atoms with van der Waals surface area (Å²) in [6.07, 6.45) is 3.68. The van der Waals surface area contributed by atoms with Gasteiger partial charge in [0.05, 0.1) is 11.9 Å². The predicted octanol–water partition coefficient (Wildman–Crippen LogP) is 4.79. The van der Waals surface area contributed by atoms with Gasteiger partial charge < -0.3 is 10.1 Å². The van der Waals surface area contributed by atoms with E-state index in [9.17, 15) is 13.9 Å². The molecule has 0 saturated carbocycles. The summed E-state index contributed by atoms with van der Waals surface area (Å²) in [6.45, 7) is 7.98. The maximum Gasteiger partial charge on any atom is 0.141 e. The highest BCUT2D eigenvalue weighted by molar-refractivity contribution is 5.59. The Balaban J connectivity index is 1.79. The summed E-state index contributed by atoms with van der Waals surface area (Å²) in [6, 6.07) is 7.45. The molecule has 28 heavy (non-hydrogen) atoms. The summed E-state index contributed by atoms with van der Waals surface area (Å²) >= 11 is 0. The maximum atomic E-state index is 14.6. The van der Waals surface area contributed by atoms with Crippen LogP contribution in [0.1, 0.15) is 44.8 Å². The minimum absolute atomic E-state index is 0.0679. The van der Waals surface area contributed by atoms with Crippen molar-refractivity contribution >= 4 is 0 Å². The minimum Gasteiger partial charge on any atom is -0.382 e. The Labute approximate surface area is 163 Å². The third kappa shape index (κ3) is 4.81. The number of rotatable bonds is 5. The highest BCUT2D eigenvalue weighted by atomic mass is 19.1. The lowest BCUT2D eigenvalue weighted by molar-refractivity contribution is 0.0479. The molecule has 0 radical (unpaired) electrons. The van der Waals surface area contributed by atoms with Crippen LogP contribution in [0.2, 0.25) is 0 Å². The van der Waals surface area contributed by atoms with Crippen molar-refractivity contribution < 1.29 is 13.9 Å². The van der Waals surface area contributed by atoms with Crippen LogP contribution < -0.4 is 0 Å². The van der Waals surface area contributed by atoms with E-state index in [0.29, 0.717) is 22.6 Å². The van der Waals surface area contributed by atoms with Crippen LogP contribution in [0.5, 0.6) is 0 Å². The zero-order valence-corrected chi connectivity index (χ0v) is 16.6. The van der Waals surface area contributed by atoms with Gasteiger partial charge in [0.25, 0.3) is 0 Å². The molecule has 2 N–H and O–H groups in total. The first kappa shape index (κ1) is 20.1. The Bertz CT molecular complexity index is 957. The molecule has 0 aliphatic rings. The first-order chi connectivity index (χ1) is 13.0. The summed E-state index contributed by atoms with van der Waals surface area (Å²) in [5, 5.41) is 10.9. The first-order valence-corrected chi connectivity index (χ1v) is 9.21. The number of H-pyrrole nitrogens is 1. The van der Waals surface area contributed by atoms with E-state index in [0.717, 1.165) is 18.3 Å². The van der Waals surface area contributed by atoms with Crippen LogP contribution in [0.15, 0.2) is 42.7 Å². The minimum atomic E-state index is -1.34. The number of hydrogen-bond acceptors (Lipinski definition) is 3. The van der Waals surface area contributed by atoms with E-state index >= 15 is 0 Å². The fourth-order valence-electron chi connectivity index (χ4n) is 3.15. The number of aromatic amines is 1. The molecular weight excluding hydrogens is 360 g/mol. The molecule has 6 heteroatoms. The Hall–Kier alpha value is -2.60. The van der Waals surface area contributed by atoms with Gasteiger partial charge in [0.15, 0.2) is 0 Å². The third-order valence-electron chi connectivity index (χ3n) is 4.47. The van der Waals surface area contributed by atoms with Gasteiger partial charge in [-0.15, -0.1) is 0 Å². The second-order valence-corrected chi connectivity index (χ2v) is 8.61. The van der Waals surface area contributed by atoms with Crippen LogP contribution in [0.4, 0.5) is 8.78 Å². The molecule has 1 unspecified atom stereocenters. The van der Waals surface area contributed by atoms with Gasteiger partial charge in [-0.25, -0.2) is 13.8 Å². The monoisotopic (exact) mass is 385 g/mol. The number of halogens is 2. The van der Waals surface area contributed by atoms with Gasteiger partial charge in [-0.1, -0.05) is 32.9 Å². The van der Waals surface area contributed by atoms with Crippen LogP contribution in [0.25, 0.3) is 11.3 Å². The number of nitrogens with one attached hydrogen (secondary N) is 1. The van der Waals surface area contributed by atoms with Gasteiger partial charge in [0.2, 0.25) is 0 Å². The van der Waals surface area contributed by atoms with Crippen LogP contribution >= 0.6 is 0 Å². The largest absolute Gasteiger partial charge is 0.382 e. The van der Waals surface area contributed by atoms with E-state index in [1.165, 1.54) is 18.2 Å². The van der Waals surface area contributed by atoms with Crippen molar-refractivity contribution in [2.75, 3.05) is 0 Å². The molecule has 0 aliphatic carbocycles. The molecule has 0 spiro atoms. The van der Waals surface area contributed by atoms with Crippen molar-refractivity contribution in [3.63, 3.8) is 0 Å². The number of imidazole rings is 1. The molecule has 4 nitrogen and oxygen atoms in total. The Morgan fingerprint density at radius 2 is 1.71 bits per heavy atom. The zero-order chi connectivity index (χ0) is 20.5. The van der Waals surface area contributed by atoms with Gasteiger partial charge in [-0.2, -0.15) is 0 Å². The molecule has 0 fully saturated rings. The van der Waals surface area contributed by atoms with E-state index in [-0.39, 0.29) is 11.8 Å². The van der Waals surface area contributed by atoms with Gasteiger partial charge in [-0.3, -0.25) is 4.98 Å². The van der Waals surface area contributed by atoms with Crippen LogP contribution in [0, 0.1) is 17.0 Å². The lowest BCUT2D eigenvalue weighted by Crippen LogP contribution is -2.26. The van der Waals surface area contributed by atoms with Crippen molar-refractivity contribution in [3.05, 3.63) is 71.4 Å². The predicted molar refractivity (Wildman–Crippen MR) is 105 cm³/mol. The summed E-state index contributed by atoms with van der Waals surface area (Å²) in [5.74, 6) is -0.484. The zero-order valence-electron chi connectivity index (χ0n) is 16.6. The quantitative estimate of drug-likeness (QED) is 0.664. The topological polar surface area (TPSA) is 61.8 Å². The van der Waals surface area contributed by atoms with Crippen LogP contribution in [-0.2, 0) is 18.4 Å². The van der Waals surface area contributed by atoms with Crippen molar-refractivity contribution in [1.82, 2.24) is 15.0 Å². The van der Waals surface area contributed by atoms with E-state index in [1.807, 2.05) is 0 Å². The van der Waals surface area contributed by atoms with Crippen LogP contribution in [-0.4, -0.2) is 20.1 Å².